The zero-order valence-corrected chi connectivity index (χ0v) is 51.8. The molecular formula is C69H130O8. The Labute approximate surface area is 478 Å². The van der Waals surface area contributed by atoms with E-state index in [1.165, 1.54) is 244 Å². The zero-order chi connectivity index (χ0) is 55.6. The van der Waals surface area contributed by atoms with Crippen molar-refractivity contribution >= 4 is 23.9 Å². The van der Waals surface area contributed by atoms with Gasteiger partial charge in [0.1, 0.15) is 31.8 Å². The maximum Gasteiger partial charge on any atom is 0.308 e. The van der Waals surface area contributed by atoms with Crippen molar-refractivity contribution in [3.05, 3.63) is 0 Å². The van der Waals surface area contributed by atoms with Crippen molar-refractivity contribution in [3.63, 3.8) is 0 Å². The van der Waals surface area contributed by atoms with Crippen LogP contribution in [0.1, 0.15) is 380 Å². The molecule has 77 heavy (non-hydrogen) atoms. The van der Waals surface area contributed by atoms with Gasteiger partial charge >= 0.3 is 23.9 Å². The van der Waals surface area contributed by atoms with E-state index in [2.05, 4.69) is 20.8 Å². The predicted molar refractivity (Wildman–Crippen MR) is 325 cm³/mol. The average molecular weight is 1090 g/mol. The van der Waals surface area contributed by atoms with Gasteiger partial charge in [0.15, 0.2) is 0 Å². The van der Waals surface area contributed by atoms with Gasteiger partial charge in [0, 0.05) is 19.3 Å². The van der Waals surface area contributed by atoms with Crippen LogP contribution < -0.4 is 0 Å². The Bertz CT molecular complexity index is 1170. The summed E-state index contributed by atoms with van der Waals surface area (Å²) in [5.41, 5.74) is -1.21. The zero-order valence-electron chi connectivity index (χ0n) is 51.8. The summed E-state index contributed by atoms with van der Waals surface area (Å²) >= 11 is 0. The largest absolute Gasteiger partial charge is 0.465 e. The van der Waals surface area contributed by atoms with E-state index >= 15 is 0 Å². The van der Waals surface area contributed by atoms with Crippen LogP contribution in [0.25, 0.3) is 0 Å². The third kappa shape index (κ3) is 49.4. The molecule has 0 heterocycles. The molecule has 454 valence electrons. The van der Waals surface area contributed by atoms with Crippen molar-refractivity contribution in [2.75, 3.05) is 26.4 Å². The number of unbranched alkanes of at least 4 members (excludes halogenated alkanes) is 36. The van der Waals surface area contributed by atoms with E-state index < -0.39 is 5.41 Å². The van der Waals surface area contributed by atoms with Crippen LogP contribution >= 0.6 is 0 Å². The molecule has 8 nitrogen and oxygen atoms in total. The molecule has 1 fully saturated rings. The van der Waals surface area contributed by atoms with Crippen LogP contribution in [-0.4, -0.2) is 50.3 Å². The Kier molecular flexibility index (Phi) is 54.1. The number of carbonyl (C=O) groups is 4. The fourth-order valence-corrected chi connectivity index (χ4v) is 11.3. The van der Waals surface area contributed by atoms with E-state index in [4.69, 9.17) is 18.9 Å². The van der Waals surface area contributed by atoms with Crippen LogP contribution in [0.4, 0.5) is 0 Å². The monoisotopic (exact) mass is 1090 g/mol. The Morgan fingerprint density at radius 2 is 0.468 bits per heavy atom. The summed E-state index contributed by atoms with van der Waals surface area (Å²) in [6, 6.07) is 0. The number of carbonyl (C=O) groups excluding carboxylic acids is 4. The van der Waals surface area contributed by atoms with Gasteiger partial charge in [-0.15, -0.1) is 0 Å². The molecular weight excluding hydrogens is 957 g/mol. The van der Waals surface area contributed by atoms with Gasteiger partial charge in [-0.25, -0.2) is 0 Å². The van der Waals surface area contributed by atoms with Crippen molar-refractivity contribution < 1.29 is 38.1 Å². The lowest BCUT2D eigenvalue weighted by atomic mass is 9.91. The second-order valence-corrected chi connectivity index (χ2v) is 24.6. The first-order chi connectivity index (χ1) is 37.9. The second kappa shape index (κ2) is 57.1. The molecule has 0 amide bonds. The Balaban J connectivity index is 2.98. The van der Waals surface area contributed by atoms with Crippen molar-refractivity contribution in [3.8, 4) is 0 Å². The third-order valence-electron chi connectivity index (χ3n) is 16.8. The Morgan fingerprint density at radius 1 is 0.273 bits per heavy atom. The summed E-state index contributed by atoms with van der Waals surface area (Å²) in [4.78, 5) is 54.5. The second-order valence-electron chi connectivity index (χ2n) is 24.6. The maximum absolute atomic E-state index is 14.2. The minimum absolute atomic E-state index is 0.146. The minimum Gasteiger partial charge on any atom is -0.465 e. The highest BCUT2D eigenvalue weighted by atomic mass is 16.6. The highest BCUT2D eigenvalue weighted by Gasteiger charge is 2.38. The Hall–Kier alpha value is -2.12. The molecule has 0 unspecified atom stereocenters. The van der Waals surface area contributed by atoms with E-state index in [1.54, 1.807) is 0 Å². The summed E-state index contributed by atoms with van der Waals surface area (Å²) in [7, 11) is 0. The summed E-state index contributed by atoms with van der Waals surface area (Å²) in [6.07, 6.45) is 64.8. The van der Waals surface area contributed by atoms with E-state index in [0.717, 1.165) is 96.3 Å². The number of hydrogen-bond acceptors (Lipinski definition) is 8. The molecule has 0 aliphatic heterocycles. The molecule has 0 aromatic carbocycles. The molecule has 1 aliphatic carbocycles. The van der Waals surface area contributed by atoms with Crippen LogP contribution in [0.2, 0.25) is 0 Å². The molecule has 0 radical (unpaired) electrons. The molecule has 1 saturated carbocycles. The number of hydrogen-bond donors (Lipinski definition) is 0. The predicted octanol–water partition coefficient (Wildman–Crippen LogP) is 21.7. The average Bonchev–Trinajstić information content (AvgIpc) is 3.44. The number of esters is 4. The first-order valence-corrected chi connectivity index (χ1v) is 34.5. The van der Waals surface area contributed by atoms with Crippen molar-refractivity contribution in [2.24, 2.45) is 11.3 Å². The lowest BCUT2D eigenvalue weighted by Gasteiger charge is -2.32. The Morgan fingerprint density at radius 3 is 0.701 bits per heavy atom. The fourth-order valence-electron chi connectivity index (χ4n) is 11.3. The maximum atomic E-state index is 14.2. The number of rotatable bonds is 51. The van der Waals surface area contributed by atoms with Gasteiger partial charge in [0.05, 0.1) is 5.92 Å². The highest BCUT2D eigenvalue weighted by Crippen LogP contribution is 2.27. The highest BCUT2D eigenvalue weighted by molar-refractivity contribution is 5.73. The molecule has 0 atom stereocenters. The molecule has 1 rings (SSSR count). The summed E-state index contributed by atoms with van der Waals surface area (Å²) in [6.45, 7) is 6.20. The van der Waals surface area contributed by atoms with Gasteiger partial charge in [-0.3, -0.25) is 19.2 Å². The minimum atomic E-state index is -1.21. The smallest absolute Gasteiger partial charge is 0.308 e. The molecule has 0 spiro atoms. The molecule has 0 aromatic rings. The van der Waals surface area contributed by atoms with E-state index in [0.29, 0.717) is 19.3 Å². The first kappa shape index (κ1) is 72.9. The van der Waals surface area contributed by atoms with Gasteiger partial charge in [-0.1, -0.05) is 329 Å². The number of ether oxygens (including phenoxy) is 4. The van der Waals surface area contributed by atoms with Crippen LogP contribution in [0.3, 0.4) is 0 Å². The molecule has 0 aromatic heterocycles. The van der Waals surface area contributed by atoms with Crippen LogP contribution in [0, 0.1) is 11.3 Å². The van der Waals surface area contributed by atoms with Gasteiger partial charge in [-0.05, 0) is 32.1 Å². The van der Waals surface area contributed by atoms with Crippen LogP contribution in [0.5, 0.6) is 0 Å². The van der Waals surface area contributed by atoms with Gasteiger partial charge in [0.25, 0.3) is 0 Å². The van der Waals surface area contributed by atoms with Crippen molar-refractivity contribution in [1.82, 2.24) is 0 Å². The molecule has 8 heteroatoms. The molecule has 0 N–H and O–H groups in total. The lowest BCUT2D eigenvalue weighted by Crippen LogP contribution is -2.44. The van der Waals surface area contributed by atoms with Gasteiger partial charge in [-0.2, -0.15) is 0 Å². The fraction of sp³-hybridized carbons (Fsp3) is 0.942. The van der Waals surface area contributed by atoms with Crippen molar-refractivity contribution in [1.29, 1.82) is 0 Å². The normalized spacial score (nSPS) is 14.4. The quantitative estimate of drug-likeness (QED) is 0.0337. The van der Waals surface area contributed by atoms with E-state index in [1.807, 2.05) is 0 Å². The van der Waals surface area contributed by atoms with Gasteiger partial charge < -0.3 is 18.9 Å². The van der Waals surface area contributed by atoms with Crippen molar-refractivity contribution in [2.45, 2.75) is 380 Å². The molecule has 1 aliphatic rings. The van der Waals surface area contributed by atoms with E-state index in [9.17, 15) is 19.2 Å². The lowest BCUT2D eigenvalue weighted by molar-refractivity contribution is -0.172. The van der Waals surface area contributed by atoms with Crippen LogP contribution in [0.15, 0.2) is 0 Å². The topological polar surface area (TPSA) is 105 Å². The summed E-state index contributed by atoms with van der Waals surface area (Å²) in [5.74, 6) is -1.41. The summed E-state index contributed by atoms with van der Waals surface area (Å²) in [5, 5.41) is 0. The summed E-state index contributed by atoms with van der Waals surface area (Å²) < 4.78 is 24.4. The standard InChI is InChI=1S/C69H130O8/c1-4-7-10-13-16-19-22-25-32-37-42-47-52-57-65(70)74-60-69(61-75-66(71)58-53-48-43-38-33-26-23-20-17-14-11-8-5-2,62-76-67(72)59-54-49-44-39-34-27-24-21-18-15-12-9-6-3)63-77-68(73)64-55-50-45-40-35-30-28-29-31-36-41-46-51-56-64/h64H,4-63H2,1-3H3. The first-order valence-electron chi connectivity index (χ1n) is 34.5. The molecule has 0 bridgehead atoms. The van der Waals surface area contributed by atoms with Crippen LogP contribution in [-0.2, 0) is 38.1 Å². The van der Waals surface area contributed by atoms with Gasteiger partial charge in [0.2, 0.25) is 0 Å². The third-order valence-corrected chi connectivity index (χ3v) is 16.8. The SMILES string of the molecule is CCCCCCCCCCCCCCCC(=O)OCC(COC(=O)CCCCCCCCCCCCCCC)(COC(=O)CCCCCCCCCCCCCCC)COC(=O)C1CCCCCCCCCCCCCC1. The molecule has 0 saturated heterocycles. The van der Waals surface area contributed by atoms with E-state index in [-0.39, 0.29) is 56.2 Å².